The highest BCUT2D eigenvalue weighted by Gasteiger charge is 2.28. The summed E-state index contributed by atoms with van der Waals surface area (Å²) < 4.78 is 8.71. The normalized spacial score (nSPS) is 20.1. The van der Waals surface area contributed by atoms with Crippen molar-refractivity contribution in [1.82, 2.24) is 29.2 Å². The van der Waals surface area contributed by atoms with Crippen molar-refractivity contribution in [2.24, 2.45) is 0 Å². The number of aromatic nitrogens is 5. The molecule has 220 valence electrons. The molecule has 1 aromatic carbocycles. The fourth-order valence-electron chi connectivity index (χ4n) is 6.18. The van der Waals surface area contributed by atoms with E-state index >= 15 is 0 Å². The van der Waals surface area contributed by atoms with Crippen molar-refractivity contribution in [3.05, 3.63) is 82.9 Å². The second-order valence-electron chi connectivity index (χ2n) is 11.8. The molecule has 4 aromatic rings. The number of hydrogen-bond acceptors (Lipinski definition) is 8. The number of nitrogens with zero attached hydrogens (tertiary/aromatic N) is 6. The van der Waals surface area contributed by atoms with Crippen LogP contribution in [0.25, 0.3) is 16.9 Å². The fourth-order valence-corrected chi connectivity index (χ4v) is 6.18. The van der Waals surface area contributed by atoms with Crippen molar-refractivity contribution in [2.45, 2.75) is 63.6 Å². The van der Waals surface area contributed by atoms with E-state index in [-0.39, 0.29) is 12.1 Å². The summed E-state index contributed by atoms with van der Waals surface area (Å²) in [4.78, 5) is 29.7. The summed E-state index contributed by atoms with van der Waals surface area (Å²) in [5.41, 5.74) is 1.78. The van der Waals surface area contributed by atoms with E-state index in [0.29, 0.717) is 40.5 Å². The van der Waals surface area contributed by atoms with Crippen molar-refractivity contribution < 1.29 is 9.84 Å². The quantitative estimate of drug-likeness (QED) is 0.299. The molecule has 3 aromatic heterocycles. The first kappa shape index (κ1) is 28.3. The number of aliphatic hydroxyl groups is 1. The highest BCUT2D eigenvalue weighted by molar-refractivity contribution is 5.77. The number of ether oxygens (including phenoxy) is 1. The predicted octanol–water partition coefficient (Wildman–Crippen LogP) is 4.49. The fraction of sp³-hybridized carbons (Fsp3) is 0.438. The second kappa shape index (κ2) is 11.8. The Morgan fingerprint density at radius 2 is 1.81 bits per heavy atom. The molecular weight excluding hydrogens is 530 g/mol. The summed E-state index contributed by atoms with van der Waals surface area (Å²) in [7, 11) is 0. The van der Waals surface area contributed by atoms with Crippen LogP contribution in [0.2, 0.25) is 0 Å². The van der Waals surface area contributed by atoms with Gasteiger partial charge in [-0.2, -0.15) is 4.98 Å². The maximum absolute atomic E-state index is 13.3. The summed E-state index contributed by atoms with van der Waals surface area (Å²) in [6, 6.07) is 14.6. The zero-order valence-corrected chi connectivity index (χ0v) is 24.4. The van der Waals surface area contributed by atoms with Gasteiger partial charge in [0.05, 0.1) is 25.5 Å². The molecule has 2 fully saturated rings. The minimum Gasteiger partial charge on any atom is -0.384 e. The topological polar surface area (TPSA) is 110 Å². The van der Waals surface area contributed by atoms with Crippen molar-refractivity contribution in [3.63, 3.8) is 0 Å². The number of morpholine rings is 1. The van der Waals surface area contributed by atoms with Crippen molar-refractivity contribution in [1.29, 1.82) is 0 Å². The van der Waals surface area contributed by atoms with Crippen LogP contribution in [0.15, 0.2) is 66.1 Å². The van der Waals surface area contributed by atoms with Crippen LogP contribution in [-0.2, 0) is 16.9 Å². The van der Waals surface area contributed by atoms with Gasteiger partial charge in [0.25, 0.3) is 5.56 Å². The average Bonchev–Trinajstić information content (AvgIpc) is 3.28. The van der Waals surface area contributed by atoms with E-state index in [0.717, 1.165) is 32.0 Å². The van der Waals surface area contributed by atoms with Gasteiger partial charge in [0.2, 0.25) is 5.95 Å². The standard InChI is InChI=1S/C32H39N7O3/c1-4-16-38-30(40)26-21-33-31(36-29(26)39(38)28-7-5-6-27(35-28)32(2,3)41)34-24-12-8-22(9-13-24)23-10-14-25(15-11-23)37-17-19-42-20-18-37/h4-9,12-13,21,23,25,41H,1,10-11,14-20H2,2-3H3,(H,33,34,36). The molecule has 1 aliphatic carbocycles. The van der Waals surface area contributed by atoms with Gasteiger partial charge in [-0.05, 0) is 75.3 Å². The molecule has 10 nitrogen and oxygen atoms in total. The van der Waals surface area contributed by atoms with Crippen LogP contribution < -0.4 is 10.9 Å². The van der Waals surface area contributed by atoms with Gasteiger partial charge in [-0.25, -0.2) is 19.3 Å². The lowest BCUT2D eigenvalue weighted by molar-refractivity contribution is 0.00730. The third-order valence-corrected chi connectivity index (χ3v) is 8.45. The Kier molecular flexibility index (Phi) is 7.94. The molecule has 2 N–H and O–H groups in total. The Hall–Kier alpha value is -3.86. The Morgan fingerprint density at radius 3 is 2.50 bits per heavy atom. The summed E-state index contributed by atoms with van der Waals surface area (Å²) in [5, 5.41) is 14.2. The number of anilines is 2. The number of fused-ring (bicyclic) bond motifs is 1. The molecule has 0 amide bonds. The van der Waals surface area contributed by atoms with Crippen LogP contribution in [0.1, 0.15) is 56.7 Å². The van der Waals surface area contributed by atoms with E-state index in [4.69, 9.17) is 9.72 Å². The molecule has 42 heavy (non-hydrogen) atoms. The highest BCUT2D eigenvalue weighted by atomic mass is 16.5. The molecule has 0 unspecified atom stereocenters. The molecule has 0 radical (unpaired) electrons. The Labute approximate surface area is 245 Å². The molecule has 1 saturated heterocycles. The summed E-state index contributed by atoms with van der Waals surface area (Å²) in [5.74, 6) is 1.43. The zero-order chi connectivity index (χ0) is 29.3. The van der Waals surface area contributed by atoms with Crippen LogP contribution in [0.4, 0.5) is 11.6 Å². The number of nitrogens with one attached hydrogen (secondary N) is 1. The van der Waals surface area contributed by atoms with Gasteiger partial charge in [-0.1, -0.05) is 24.3 Å². The molecule has 0 spiro atoms. The molecule has 2 aliphatic rings. The molecule has 0 bridgehead atoms. The lowest BCUT2D eigenvalue weighted by atomic mass is 9.81. The maximum atomic E-state index is 13.3. The number of pyridine rings is 1. The third-order valence-electron chi connectivity index (χ3n) is 8.45. The van der Waals surface area contributed by atoms with E-state index in [1.165, 1.54) is 35.9 Å². The van der Waals surface area contributed by atoms with Crippen LogP contribution >= 0.6 is 0 Å². The minimum absolute atomic E-state index is 0.236. The van der Waals surface area contributed by atoms with Crippen LogP contribution in [0.5, 0.6) is 0 Å². The smallest absolute Gasteiger partial charge is 0.278 e. The molecule has 6 rings (SSSR count). The predicted molar refractivity (Wildman–Crippen MR) is 163 cm³/mol. The van der Waals surface area contributed by atoms with Gasteiger partial charge >= 0.3 is 0 Å². The van der Waals surface area contributed by atoms with E-state index in [1.807, 2.05) is 0 Å². The van der Waals surface area contributed by atoms with Gasteiger partial charge in [-0.3, -0.25) is 9.69 Å². The highest BCUT2D eigenvalue weighted by Crippen LogP contribution is 2.35. The van der Waals surface area contributed by atoms with Crippen LogP contribution in [-0.4, -0.2) is 66.7 Å². The Bertz CT molecular complexity index is 1610. The number of hydrogen-bond donors (Lipinski definition) is 2. The molecule has 10 heteroatoms. The molecule has 4 heterocycles. The minimum atomic E-state index is -1.14. The lowest BCUT2D eigenvalue weighted by Gasteiger charge is -2.38. The maximum Gasteiger partial charge on any atom is 0.278 e. The summed E-state index contributed by atoms with van der Waals surface area (Å²) in [6.07, 6.45) is 8.08. The molecule has 1 saturated carbocycles. The molecule has 1 aliphatic heterocycles. The monoisotopic (exact) mass is 569 g/mol. The van der Waals surface area contributed by atoms with Crippen molar-refractivity contribution in [2.75, 3.05) is 31.6 Å². The van der Waals surface area contributed by atoms with E-state index in [9.17, 15) is 9.90 Å². The van der Waals surface area contributed by atoms with Gasteiger partial charge < -0.3 is 15.2 Å². The summed E-state index contributed by atoms with van der Waals surface area (Å²) in [6.45, 7) is 11.3. The largest absolute Gasteiger partial charge is 0.384 e. The second-order valence-corrected chi connectivity index (χ2v) is 11.8. The summed E-state index contributed by atoms with van der Waals surface area (Å²) >= 11 is 0. The first-order chi connectivity index (χ1) is 20.3. The van der Waals surface area contributed by atoms with Crippen molar-refractivity contribution in [3.8, 4) is 5.82 Å². The zero-order valence-electron chi connectivity index (χ0n) is 24.4. The van der Waals surface area contributed by atoms with Crippen LogP contribution in [0, 0.1) is 0 Å². The van der Waals surface area contributed by atoms with E-state index in [1.54, 1.807) is 49.0 Å². The van der Waals surface area contributed by atoms with Gasteiger partial charge in [-0.15, -0.1) is 6.58 Å². The molecular formula is C32H39N7O3. The van der Waals surface area contributed by atoms with Gasteiger partial charge in [0.15, 0.2) is 11.5 Å². The van der Waals surface area contributed by atoms with E-state index in [2.05, 4.69) is 51.0 Å². The first-order valence-corrected chi connectivity index (χ1v) is 14.8. The lowest BCUT2D eigenvalue weighted by Crippen LogP contribution is -2.44. The van der Waals surface area contributed by atoms with Crippen molar-refractivity contribution >= 4 is 22.7 Å². The molecule has 0 atom stereocenters. The van der Waals surface area contributed by atoms with Crippen LogP contribution in [0.3, 0.4) is 0 Å². The first-order valence-electron chi connectivity index (χ1n) is 14.8. The number of benzene rings is 1. The van der Waals surface area contributed by atoms with Gasteiger partial charge in [0.1, 0.15) is 11.0 Å². The Morgan fingerprint density at radius 1 is 1.07 bits per heavy atom. The number of rotatable bonds is 8. The average molecular weight is 570 g/mol. The Balaban J connectivity index is 1.22. The van der Waals surface area contributed by atoms with Gasteiger partial charge in [0, 0.05) is 31.0 Å². The SMILES string of the molecule is C=CCn1c(=O)c2cnc(Nc3ccc(C4CCC(N5CCOCC5)CC4)cc3)nc2n1-c1cccc(C(C)(C)O)n1. The van der Waals surface area contributed by atoms with E-state index < -0.39 is 5.60 Å². The number of allylic oxidation sites excluding steroid dienone is 1. The third kappa shape index (κ3) is 5.74.